The molecular formula is C16H27NO2. The molecule has 0 saturated carbocycles. The van der Waals surface area contributed by atoms with Crippen LogP contribution in [0.25, 0.3) is 4.85 Å². The Balaban J connectivity index is 2.04. The molecule has 5 atom stereocenters. The Kier molecular flexibility index (Phi) is 4.53. The van der Waals surface area contributed by atoms with Crippen LogP contribution >= 0.6 is 0 Å². The molecule has 2 heterocycles. The van der Waals surface area contributed by atoms with E-state index in [9.17, 15) is 0 Å². The molecule has 0 unspecified atom stereocenters. The summed E-state index contributed by atoms with van der Waals surface area (Å²) >= 11 is 0. The second-order valence-corrected chi connectivity index (χ2v) is 6.56. The lowest BCUT2D eigenvalue weighted by Gasteiger charge is -2.41. The van der Waals surface area contributed by atoms with Crippen LogP contribution in [0.4, 0.5) is 0 Å². The number of hydrogen-bond acceptors (Lipinski definition) is 2. The highest BCUT2D eigenvalue weighted by molar-refractivity contribution is 5.01. The summed E-state index contributed by atoms with van der Waals surface area (Å²) in [5, 5.41) is 0. The van der Waals surface area contributed by atoms with E-state index in [-0.39, 0.29) is 23.9 Å². The number of fused-ring (bicyclic) bond motifs is 1. The topological polar surface area (TPSA) is 22.8 Å². The van der Waals surface area contributed by atoms with Gasteiger partial charge in [-0.2, -0.15) is 0 Å². The lowest BCUT2D eigenvalue weighted by molar-refractivity contribution is -0.169. The summed E-state index contributed by atoms with van der Waals surface area (Å²) in [5.74, 6) is 0.554. The van der Waals surface area contributed by atoms with E-state index in [0.29, 0.717) is 12.0 Å². The molecule has 2 rings (SSSR count). The van der Waals surface area contributed by atoms with Crippen molar-refractivity contribution in [1.82, 2.24) is 0 Å². The van der Waals surface area contributed by atoms with Crippen molar-refractivity contribution in [3.05, 3.63) is 11.4 Å². The Bertz CT molecular complexity index is 349. The zero-order valence-corrected chi connectivity index (χ0v) is 12.7. The fraction of sp³-hybridized carbons (Fsp3) is 0.938. The highest BCUT2D eigenvalue weighted by Gasteiger charge is 2.52. The Labute approximate surface area is 117 Å². The zero-order valence-electron chi connectivity index (χ0n) is 12.7. The van der Waals surface area contributed by atoms with Crippen molar-refractivity contribution in [2.45, 2.75) is 89.8 Å². The summed E-state index contributed by atoms with van der Waals surface area (Å²) in [6, 6.07) is 0.0682. The van der Waals surface area contributed by atoms with E-state index in [1.165, 1.54) is 0 Å². The molecule has 0 amide bonds. The van der Waals surface area contributed by atoms with E-state index >= 15 is 0 Å². The third-order valence-electron chi connectivity index (χ3n) is 4.79. The summed E-state index contributed by atoms with van der Waals surface area (Å²) in [6.45, 7) is 15.8. The Morgan fingerprint density at radius 1 is 1.32 bits per heavy atom. The van der Waals surface area contributed by atoms with Crippen LogP contribution in [-0.4, -0.2) is 30.0 Å². The molecule has 2 aliphatic heterocycles. The first-order valence-corrected chi connectivity index (χ1v) is 7.70. The van der Waals surface area contributed by atoms with Gasteiger partial charge < -0.3 is 14.3 Å². The van der Waals surface area contributed by atoms with Gasteiger partial charge in [-0.05, 0) is 25.2 Å². The van der Waals surface area contributed by atoms with Gasteiger partial charge in [0.25, 0.3) is 0 Å². The average Bonchev–Trinajstić information content (AvgIpc) is 2.78. The summed E-state index contributed by atoms with van der Waals surface area (Å²) in [4.78, 5) is 3.60. The Morgan fingerprint density at radius 3 is 2.63 bits per heavy atom. The van der Waals surface area contributed by atoms with Gasteiger partial charge in [-0.1, -0.05) is 20.8 Å². The summed E-state index contributed by atoms with van der Waals surface area (Å²) in [6.07, 6.45) is 5.88. The highest BCUT2D eigenvalue weighted by atomic mass is 16.6. The minimum Gasteiger partial charge on any atom is -0.372 e. The van der Waals surface area contributed by atoms with Gasteiger partial charge in [-0.25, -0.2) is 6.57 Å². The van der Waals surface area contributed by atoms with E-state index in [2.05, 4.69) is 25.6 Å². The van der Waals surface area contributed by atoms with Crippen LogP contribution in [-0.2, 0) is 9.47 Å². The number of rotatable bonds is 4. The van der Waals surface area contributed by atoms with E-state index < -0.39 is 0 Å². The van der Waals surface area contributed by atoms with Gasteiger partial charge in [0.05, 0.1) is 23.9 Å². The van der Waals surface area contributed by atoms with E-state index in [1.54, 1.807) is 0 Å². The summed E-state index contributed by atoms with van der Waals surface area (Å²) < 4.78 is 12.6. The minimum absolute atomic E-state index is 0.0682. The van der Waals surface area contributed by atoms with Gasteiger partial charge in [0, 0.05) is 19.8 Å². The maximum atomic E-state index is 7.10. The van der Waals surface area contributed by atoms with E-state index in [4.69, 9.17) is 16.0 Å². The maximum Gasteiger partial charge on any atom is 0.223 e. The Morgan fingerprint density at radius 2 is 2.05 bits per heavy atom. The van der Waals surface area contributed by atoms with E-state index in [0.717, 1.165) is 32.1 Å². The van der Waals surface area contributed by atoms with Gasteiger partial charge >= 0.3 is 0 Å². The molecule has 3 nitrogen and oxygen atoms in total. The molecule has 19 heavy (non-hydrogen) atoms. The smallest absolute Gasteiger partial charge is 0.223 e. The number of ether oxygens (including phenoxy) is 2. The second kappa shape index (κ2) is 5.81. The van der Waals surface area contributed by atoms with Crippen molar-refractivity contribution in [3.8, 4) is 0 Å². The first-order valence-electron chi connectivity index (χ1n) is 7.70. The van der Waals surface area contributed by atoms with Gasteiger partial charge in [0.15, 0.2) is 0 Å². The largest absolute Gasteiger partial charge is 0.372 e. The van der Waals surface area contributed by atoms with Gasteiger partial charge in [-0.15, -0.1) is 0 Å². The van der Waals surface area contributed by atoms with E-state index in [1.807, 2.05) is 6.92 Å². The SMILES string of the molecule is [C-]#[N+][C@H](C)C[C@H]1CC[C@@H]2O[C@@H](C(C)C)C[C@]2(CC)O1. The van der Waals surface area contributed by atoms with Crippen molar-refractivity contribution < 1.29 is 9.47 Å². The standard InChI is InChI=1S/C16H27NO2/c1-6-16-10-14(11(2)3)18-15(16)8-7-13(19-16)9-12(4)17-5/h11-15H,6-10H2,1-4H3/t12-,13-,14-,15+,16+/m1/s1. The lowest BCUT2D eigenvalue weighted by atomic mass is 9.82. The average molecular weight is 265 g/mol. The molecule has 2 saturated heterocycles. The third-order valence-corrected chi connectivity index (χ3v) is 4.79. The zero-order chi connectivity index (χ0) is 14.0. The molecule has 0 spiro atoms. The van der Waals surface area contributed by atoms with Gasteiger partial charge in [-0.3, -0.25) is 0 Å². The predicted molar refractivity (Wildman–Crippen MR) is 75.9 cm³/mol. The summed E-state index contributed by atoms with van der Waals surface area (Å²) in [7, 11) is 0. The van der Waals surface area contributed by atoms with Crippen molar-refractivity contribution in [2.75, 3.05) is 0 Å². The molecular weight excluding hydrogens is 238 g/mol. The molecule has 2 aliphatic rings. The monoisotopic (exact) mass is 265 g/mol. The fourth-order valence-corrected chi connectivity index (χ4v) is 3.49. The van der Waals surface area contributed by atoms with Crippen molar-refractivity contribution in [3.63, 3.8) is 0 Å². The fourth-order valence-electron chi connectivity index (χ4n) is 3.49. The van der Waals surface area contributed by atoms with Crippen LogP contribution in [0.2, 0.25) is 0 Å². The molecule has 0 aromatic rings. The molecule has 108 valence electrons. The van der Waals surface area contributed by atoms with Crippen LogP contribution in [0.3, 0.4) is 0 Å². The molecule has 3 heteroatoms. The molecule has 0 aromatic heterocycles. The van der Waals surface area contributed by atoms with Crippen molar-refractivity contribution >= 4 is 0 Å². The van der Waals surface area contributed by atoms with Crippen LogP contribution in [0.1, 0.15) is 59.8 Å². The Hall–Kier alpha value is -0.590. The molecule has 0 radical (unpaired) electrons. The maximum absolute atomic E-state index is 7.10. The highest BCUT2D eigenvalue weighted by Crippen LogP contribution is 2.46. The molecule has 0 aromatic carbocycles. The first kappa shape index (κ1) is 14.8. The van der Waals surface area contributed by atoms with Gasteiger partial charge in [0.1, 0.15) is 0 Å². The van der Waals surface area contributed by atoms with Crippen LogP contribution in [0.15, 0.2) is 0 Å². The normalized spacial score (nSPS) is 39.9. The molecule has 2 fully saturated rings. The molecule has 0 aliphatic carbocycles. The van der Waals surface area contributed by atoms with Crippen molar-refractivity contribution in [2.24, 2.45) is 5.92 Å². The summed E-state index contributed by atoms with van der Waals surface area (Å²) in [5.41, 5.74) is -0.0837. The lowest BCUT2D eigenvalue weighted by Crippen LogP contribution is -2.48. The third kappa shape index (κ3) is 2.95. The number of hydrogen-bond donors (Lipinski definition) is 0. The van der Waals surface area contributed by atoms with Gasteiger partial charge in [0.2, 0.25) is 6.04 Å². The van der Waals surface area contributed by atoms with Crippen molar-refractivity contribution in [1.29, 1.82) is 0 Å². The first-order chi connectivity index (χ1) is 9.00. The molecule has 0 N–H and O–H groups in total. The van der Waals surface area contributed by atoms with Crippen LogP contribution in [0, 0.1) is 12.5 Å². The quantitative estimate of drug-likeness (QED) is 0.721. The number of nitrogens with zero attached hydrogens (tertiary/aromatic N) is 1. The predicted octanol–water partition coefficient (Wildman–Crippen LogP) is 3.83. The van der Waals surface area contributed by atoms with Crippen LogP contribution in [0.5, 0.6) is 0 Å². The van der Waals surface area contributed by atoms with Crippen LogP contribution < -0.4 is 0 Å². The second-order valence-electron chi connectivity index (χ2n) is 6.56. The minimum atomic E-state index is -0.0837. The molecule has 0 bridgehead atoms.